The van der Waals surface area contributed by atoms with Gasteiger partial charge in [0.25, 0.3) is 0 Å². The molecule has 0 N–H and O–H groups in total. The lowest BCUT2D eigenvalue weighted by atomic mass is 9.71. The van der Waals surface area contributed by atoms with Gasteiger partial charge in [0.1, 0.15) is 0 Å². The number of hydrogen-bond donors (Lipinski definition) is 0. The summed E-state index contributed by atoms with van der Waals surface area (Å²) in [7, 11) is 0. The zero-order valence-electron chi connectivity index (χ0n) is 17.9. The summed E-state index contributed by atoms with van der Waals surface area (Å²) in [6.45, 7) is 0. The molecule has 0 aliphatic heterocycles. The van der Waals surface area contributed by atoms with Crippen LogP contribution in [0.1, 0.15) is 50.5 Å². The SMILES string of the molecule is FC(F)(F)c1ccc(SC=CC(=Nc2ccccc2)SC2CCC3CCCCC3C2)cc1. The minimum atomic E-state index is -4.30. The largest absolute Gasteiger partial charge is 0.416 e. The van der Waals surface area contributed by atoms with Crippen LogP contribution in [0, 0.1) is 11.8 Å². The summed E-state index contributed by atoms with van der Waals surface area (Å²) in [5.74, 6) is 1.78. The molecule has 0 spiro atoms. The monoisotopic (exact) mass is 475 g/mol. The van der Waals surface area contributed by atoms with Crippen LogP contribution in [0.2, 0.25) is 0 Å². The van der Waals surface area contributed by atoms with Gasteiger partial charge >= 0.3 is 6.18 Å². The summed E-state index contributed by atoms with van der Waals surface area (Å²) in [4.78, 5) is 5.64. The molecule has 2 aromatic carbocycles. The maximum Gasteiger partial charge on any atom is 0.416 e. The fourth-order valence-electron chi connectivity index (χ4n) is 4.73. The molecule has 0 radical (unpaired) electrons. The molecule has 170 valence electrons. The van der Waals surface area contributed by atoms with E-state index in [9.17, 15) is 13.2 Å². The summed E-state index contributed by atoms with van der Waals surface area (Å²) in [6.07, 6.45) is 7.06. The third kappa shape index (κ3) is 6.67. The zero-order valence-corrected chi connectivity index (χ0v) is 19.6. The Morgan fingerprint density at radius 1 is 0.875 bits per heavy atom. The third-order valence-electron chi connectivity index (χ3n) is 6.37. The Balaban J connectivity index is 1.43. The van der Waals surface area contributed by atoms with Crippen molar-refractivity contribution in [2.75, 3.05) is 0 Å². The molecule has 2 aliphatic carbocycles. The van der Waals surface area contributed by atoms with Gasteiger partial charge < -0.3 is 0 Å². The van der Waals surface area contributed by atoms with E-state index in [2.05, 4.69) is 0 Å². The van der Waals surface area contributed by atoms with Crippen molar-refractivity contribution in [1.29, 1.82) is 0 Å². The van der Waals surface area contributed by atoms with Crippen molar-refractivity contribution < 1.29 is 13.2 Å². The molecule has 2 aliphatic rings. The summed E-state index contributed by atoms with van der Waals surface area (Å²) < 4.78 is 38.3. The van der Waals surface area contributed by atoms with Crippen molar-refractivity contribution in [3.8, 4) is 0 Å². The van der Waals surface area contributed by atoms with Gasteiger partial charge in [0.2, 0.25) is 0 Å². The van der Waals surface area contributed by atoms with E-state index in [-0.39, 0.29) is 0 Å². The van der Waals surface area contributed by atoms with Gasteiger partial charge in [-0.3, -0.25) is 0 Å². The van der Waals surface area contributed by atoms with Crippen LogP contribution in [0.3, 0.4) is 0 Å². The van der Waals surface area contributed by atoms with Gasteiger partial charge in [0, 0.05) is 10.1 Å². The molecule has 6 heteroatoms. The Morgan fingerprint density at radius 3 is 2.31 bits per heavy atom. The van der Waals surface area contributed by atoms with Gasteiger partial charge in [-0.1, -0.05) is 55.6 Å². The maximum atomic E-state index is 12.8. The normalized spacial score (nSPS) is 24.5. The van der Waals surface area contributed by atoms with Crippen LogP contribution in [0.15, 0.2) is 76.0 Å². The molecule has 1 nitrogen and oxygen atoms in total. The molecule has 2 saturated carbocycles. The average Bonchev–Trinajstić information content (AvgIpc) is 2.79. The van der Waals surface area contributed by atoms with E-state index in [0.29, 0.717) is 5.25 Å². The molecular weight excluding hydrogens is 447 g/mol. The minimum Gasteiger partial charge on any atom is -0.242 e. The van der Waals surface area contributed by atoms with E-state index >= 15 is 0 Å². The standard InChI is InChI=1S/C26H28F3NS2/c27-26(28,29)21-11-14-23(15-12-21)31-17-16-25(30-22-8-2-1-3-9-22)32-24-13-10-19-6-4-5-7-20(19)18-24/h1-3,8-9,11-12,14-17,19-20,24H,4-7,10,13,18H2. The van der Waals surface area contributed by atoms with E-state index < -0.39 is 11.7 Å². The molecule has 0 heterocycles. The Hall–Kier alpha value is -1.66. The highest BCUT2D eigenvalue weighted by atomic mass is 32.2. The second kappa shape index (κ2) is 11.0. The lowest BCUT2D eigenvalue weighted by Crippen LogP contribution is -2.29. The van der Waals surface area contributed by atoms with Crippen LogP contribution in [0.4, 0.5) is 18.9 Å². The van der Waals surface area contributed by atoms with E-state index in [1.54, 1.807) is 0 Å². The molecular formula is C26H28F3NS2. The Labute approximate surface area is 197 Å². The molecule has 0 aromatic heterocycles. The van der Waals surface area contributed by atoms with E-state index in [0.717, 1.165) is 39.6 Å². The number of aliphatic imine (C=N–C) groups is 1. The van der Waals surface area contributed by atoms with E-state index in [4.69, 9.17) is 4.99 Å². The van der Waals surface area contributed by atoms with Crippen LogP contribution < -0.4 is 0 Å². The number of fused-ring (bicyclic) bond motifs is 1. The molecule has 3 unspecified atom stereocenters. The Bertz CT molecular complexity index is 922. The molecule has 0 amide bonds. The zero-order chi connectivity index (χ0) is 22.4. The van der Waals surface area contributed by atoms with Gasteiger partial charge in [0.05, 0.1) is 16.3 Å². The fraction of sp³-hybridized carbons (Fsp3) is 0.423. The summed E-state index contributed by atoms with van der Waals surface area (Å²) in [6, 6.07) is 15.2. The van der Waals surface area contributed by atoms with Crippen molar-refractivity contribution in [3.05, 3.63) is 71.6 Å². The number of alkyl halides is 3. The Morgan fingerprint density at radius 2 is 1.59 bits per heavy atom. The van der Waals surface area contributed by atoms with Crippen molar-refractivity contribution in [2.45, 2.75) is 61.3 Å². The van der Waals surface area contributed by atoms with E-state index in [1.165, 1.54) is 68.8 Å². The molecule has 32 heavy (non-hydrogen) atoms. The first-order valence-electron chi connectivity index (χ1n) is 11.3. The average molecular weight is 476 g/mol. The molecule has 4 rings (SSSR count). The van der Waals surface area contributed by atoms with Gasteiger partial charge in [-0.05, 0) is 79.0 Å². The highest BCUT2D eigenvalue weighted by Crippen LogP contribution is 2.44. The lowest BCUT2D eigenvalue weighted by molar-refractivity contribution is -0.137. The number of rotatable bonds is 5. The molecule has 3 atom stereocenters. The second-order valence-electron chi connectivity index (χ2n) is 8.59. The topological polar surface area (TPSA) is 12.4 Å². The molecule has 0 saturated heterocycles. The van der Waals surface area contributed by atoms with Gasteiger partial charge in [-0.25, -0.2) is 4.99 Å². The van der Waals surface area contributed by atoms with Crippen LogP contribution in [-0.4, -0.2) is 10.3 Å². The molecule has 2 fully saturated rings. The number of nitrogens with zero attached hydrogens (tertiary/aromatic N) is 1. The van der Waals surface area contributed by atoms with Crippen LogP contribution in [0.5, 0.6) is 0 Å². The van der Waals surface area contributed by atoms with Gasteiger partial charge in [0.15, 0.2) is 0 Å². The number of benzene rings is 2. The minimum absolute atomic E-state index is 0.581. The number of thioether (sulfide) groups is 2. The predicted molar refractivity (Wildman–Crippen MR) is 131 cm³/mol. The number of para-hydroxylation sites is 1. The Kier molecular flexibility index (Phi) is 8.06. The fourth-order valence-corrected chi connectivity index (χ4v) is 6.71. The maximum absolute atomic E-state index is 12.8. The summed E-state index contributed by atoms with van der Waals surface area (Å²) in [5.41, 5.74) is 0.302. The van der Waals surface area contributed by atoms with Gasteiger partial charge in [-0.15, -0.1) is 11.8 Å². The number of halogens is 3. The predicted octanol–water partition coefficient (Wildman–Crippen LogP) is 9.13. The molecule has 0 bridgehead atoms. The van der Waals surface area contributed by atoms with Crippen molar-refractivity contribution in [1.82, 2.24) is 0 Å². The first-order valence-corrected chi connectivity index (χ1v) is 13.0. The highest BCUT2D eigenvalue weighted by Gasteiger charge is 2.33. The van der Waals surface area contributed by atoms with Gasteiger partial charge in [-0.2, -0.15) is 13.2 Å². The number of hydrogen-bond acceptors (Lipinski definition) is 3. The van der Waals surface area contributed by atoms with Crippen molar-refractivity contribution in [2.24, 2.45) is 16.8 Å². The quantitative estimate of drug-likeness (QED) is 0.243. The third-order valence-corrected chi connectivity index (χ3v) is 8.42. The molecule has 2 aromatic rings. The van der Waals surface area contributed by atoms with Crippen LogP contribution >= 0.6 is 23.5 Å². The van der Waals surface area contributed by atoms with Crippen molar-refractivity contribution in [3.63, 3.8) is 0 Å². The van der Waals surface area contributed by atoms with Crippen LogP contribution in [-0.2, 0) is 6.18 Å². The smallest absolute Gasteiger partial charge is 0.242 e. The first-order chi connectivity index (χ1) is 15.5. The highest BCUT2D eigenvalue weighted by molar-refractivity contribution is 8.15. The lowest BCUT2D eigenvalue weighted by Gasteiger charge is -2.39. The van der Waals surface area contributed by atoms with Crippen molar-refractivity contribution >= 4 is 34.3 Å². The van der Waals surface area contributed by atoms with E-state index in [1.807, 2.05) is 53.6 Å². The first kappa shape index (κ1) is 23.5. The summed E-state index contributed by atoms with van der Waals surface area (Å²) >= 11 is 3.28. The summed E-state index contributed by atoms with van der Waals surface area (Å²) in [5, 5.41) is 3.48. The van der Waals surface area contributed by atoms with Crippen LogP contribution in [0.25, 0.3) is 0 Å². The second-order valence-corrected chi connectivity index (χ2v) is 10.9.